The van der Waals surface area contributed by atoms with Crippen molar-refractivity contribution in [2.75, 3.05) is 4.90 Å². The number of hydrogen-bond acceptors (Lipinski definition) is 3. The molecule has 4 aromatic rings. The average Bonchev–Trinajstić information content (AvgIpc) is 3.68. The van der Waals surface area contributed by atoms with Gasteiger partial charge in [0.2, 0.25) is 5.91 Å². The van der Waals surface area contributed by atoms with Crippen LogP contribution in [-0.4, -0.2) is 26.8 Å². The second-order valence-corrected chi connectivity index (χ2v) is 11.1. The van der Waals surface area contributed by atoms with Gasteiger partial charge in [0.1, 0.15) is 0 Å². The second kappa shape index (κ2) is 10.3. The van der Waals surface area contributed by atoms with Gasteiger partial charge >= 0.3 is 5.97 Å². The Bertz CT molecular complexity index is 1650. The van der Waals surface area contributed by atoms with Crippen LogP contribution in [0.1, 0.15) is 38.2 Å². The van der Waals surface area contributed by atoms with E-state index >= 15 is 0 Å². The van der Waals surface area contributed by atoms with Gasteiger partial charge in [-0.25, -0.2) is 4.79 Å². The summed E-state index contributed by atoms with van der Waals surface area (Å²) in [7, 11) is 1.91. The van der Waals surface area contributed by atoms with Crippen LogP contribution in [0, 0.1) is 17.8 Å². The number of hydrogen-bond donors (Lipinski definition) is 1. The van der Waals surface area contributed by atoms with Crippen LogP contribution < -0.4 is 4.90 Å². The maximum Gasteiger partial charge on any atom is 0.328 e. The molecule has 2 bridgehead atoms. The number of benzene rings is 3. The van der Waals surface area contributed by atoms with Crippen molar-refractivity contribution in [3.8, 4) is 11.1 Å². The van der Waals surface area contributed by atoms with Gasteiger partial charge in [0.05, 0.1) is 19.6 Å². The first-order valence-electron chi connectivity index (χ1n) is 13.8. The summed E-state index contributed by atoms with van der Waals surface area (Å²) in [6.07, 6.45) is 8.54. The summed E-state index contributed by atoms with van der Waals surface area (Å²) >= 11 is 6.82. The normalized spacial score (nSPS) is 21.4. The lowest BCUT2D eigenvalue weighted by atomic mass is 9.87. The van der Waals surface area contributed by atoms with E-state index in [1.807, 2.05) is 48.3 Å². The number of carboxylic acids is 1. The van der Waals surface area contributed by atoms with Crippen LogP contribution in [0.5, 0.6) is 0 Å². The lowest BCUT2D eigenvalue weighted by molar-refractivity contribution is -0.131. The summed E-state index contributed by atoms with van der Waals surface area (Å²) in [5.74, 6) is -0.298. The summed E-state index contributed by atoms with van der Waals surface area (Å²) in [6.45, 7) is -1.06. The zero-order valence-electron chi connectivity index (χ0n) is 22.6. The van der Waals surface area contributed by atoms with Crippen molar-refractivity contribution in [1.29, 1.82) is 0 Å². The Morgan fingerprint density at radius 1 is 1.13 bits per heavy atom. The summed E-state index contributed by atoms with van der Waals surface area (Å²) < 4.78 is 11.1. The van der Waals surface area contributed by atoms with Crippen molar-refractivity contribution in [2.45, 2.75) is 32.2 Å². The van der Waals surface area contributed by atoms with Crippen molar-refractivity contribution in [2.24, 2.45) is 24.8 Å². The highest BCUT2D eigenvalue weighted by molar-refractivity contribution is 6.31. The van der Waals surface area contributed by atoms with Crippen LogP contribution in [0.3, 0.4) is 0 Å². The minimum Gasteiger partial charge on any atom is -0.478 e. The predicted octanol–water partition coefficient (Wildman–Crippen LogP) is 6.96. The van der Waals surface area contributed by atoms with Crippen LogP contribution >= 0.6 is 11.6 Å². The fourth-order valence-corrected chi connectivity index (χ4v) is 6.46. The SMILES string of the molecule is [2H]C(c1ccc(-c2ccc3c(cnn3C)c2)cc1Cl)N(C(=O)[C@@H]1C[C@@H]2CC[C@H]1C2)c1cccc(/C=C/C(=O)O)c1. The molecule has 2 fully saturated rings. The number of fused-ring (bicyclic) bond motifs is 3. The number of carbonyl (C=O) groups excluding carboxylic acids is 1. The largest absolute Gasteiger partial charge is 0.478 e. The number of carboxylic acid groups (broad SMARTS) is 1. The van der Waals surface area contributed by atoms with E-state index in [4.69, 9.17) is 16.7 Å². The molecule has 2 saturated carbocycles. The first-order valence-corrected chi connectivity index (χ1v) is 13.6. The zero-order valence-corrected chi connectivity index (χ0v) is 22.4. The molecule has 0 aliphatic heterocycles. The third-order valence-electron chi connectivity index (χ3n) is 8.21. The van der Waals surface area contributed by atoms with Crippen LogP contribution in [-0.2, 0) is 23.2 Å². The number of aryl methyl sites for hydroxylation is 1. The van der Waals surface area contributed by atoms with E-state index < -0.39 is 12.5 Å². The van der Waals surface area contributed by atoms with E-state index in [2.05, 4.69) is 11.2 Å². The van der Waals surface area contributed by atoms with Crippen molar-refractivity contribution in [3.63, 3.8) is 0 Å². The summed E-state index contributed by atoms with van der Waals surface area (Å²) in [4.78, 5) is 26.7. The number of nitrogens with zero attached hydrogens (tertiary/aromatic N) is 3. The van der Waals surface area contributed by atoms with E-state index in [1.54, 1.807) is 29.2 Å². The van der Waals surface area contributed by atoms with Gasteiger partial charge < -0.3 is 10.0 Å². The molecule has 1 N–H and O–H groups in total. The van der Waals surface area contributed by atoms with E-state index in [9.17, 15) is 11.0 Å². The van der Waals surface area contributed by atoms with E-state index in [1.165, 1.54) is 12.5 Å². The van der Waals surface area contributed by atoms with Crippen molar-refractivity contribution in [1.82, 2.24) is 9.78 Å². The average molecular weight is 541 g/mol. The Balaban J connectivity index is 1.36. The molecule has 198 valence electrons. The maximum absolute atomic E-state index is 14.1. The van der Waals surface area contributed by atoms with Gasteiger partial charge in [0.15, 0.2) is 0 Å². The molecule has 1 aromatic heterocycles. The van der Waals surface area contributed by atoms with Gasteiger partial charge in [-0.2, -0.15) is 5.10 Å². The molecule has 0 spiro atoms. The number of rotatable bonds is 7. The summed E-state index contributed by atoms with van der Waals surface area (Å²) in [6, 6.07) is 18.9. The van der Waals surface area contributed by atoms with Gasteiger partial charge in [-0.05, 0) is 89.8 Å². The predicted molar refractivity (Wildman–Crippen MR) is 154 cm³/mol. The minimum atomic E-state index is -1.06. The van der Waals surface area contributed by atoms with Crippen LogP contribution in [0.4, 0.5) is 5.69 Å². The number of aromatic nitrogens is 2. The molecule has 7 heteroatoms. The van der Waals surface area contributed by atoms with E-state index in [-0.39, 0.29) is 11.8 Å². The molecule has 2 aliphatic carbocycles. The number of anilines is 1. The molecular weight excluding hydrogens is 510 g/mol. The van der Waals surface area contributed by atoms with E-state index in [0.717, 1.165) is 47.4 Å². The Kier molecular flexibility index (Phi) is 6.41. The maximum atomic E-state index is 14.1. The molecule has 1 heterocycles. The van der Waals surface area contributed by atoms with Crippen molar-refractivity contribution >= 4 is 46.1 Å². The molecule has 3 aromatic carbocycles. The second-order valence-electron chi connectivity index (χ2n) is 10.7. The number of carbonyl (C=O) groups is 2. The number of amides is 1. The highest BCUT2D eigenvalue weighted by atomic mass is 35.5. The Labute approximate surface area is 233 Å². The first-order chi connectivity index (χ1) is 19.3. The third-order valence-corrected chi connectivity index (χ3v) is 8.53. The molecule has 4 atom stereocenters. The molecule has 2 aliphatic rings. The highest BCUT2D eigenvalue weighted by Gasteiger charge is 2.44. The molecule has 39 heavy (non-hydrogen) atoms. The van der Waals surface area contributed by atoms with Crippen LogP contribution in [0.15, 0.2) is 72.9 Å². The van der Waals surface area contributed by atoms with Gasteiger partial charge in [-0.1, -0.05) is 48.4 Å². The molecule has 6 rings (SSSR count). The Morgan fingerprint density at radius 2 is 1.95 bits per heavy atom. The molecule has 0 radical (unpaired) electrons. The Hall–Kier alpha value is -3.90. The third kappa shape index (κ3) is 5.09. The number of halogens is 1. The number of aliphatic carboxylic acids is 1. The van der Waals surface area contributed by atoms with Gasteiger partial charge in [-0.15, -0.1) is 0 Å². The van der Waals surface area contributed by atoms with Crippen LogP contribution in [0.25, 0.3) is 28.1 Å². The lowest BCUT2D eigenvalue weighted by Crippen LogP contribution is -2.38. The smallest absolute Gasteiger partial charge is 0.328 e. The standard InChI is InChI=1S/C32H30ClN3O3/c1-35-30-11-10-22(16-26(30)18-34-35)23-8-9-25(29(33)17-23)19-36(32(39)28-15-21-5-7-24(28)13-21)27-4-2-3-20(14-27)6-12-31(37)38/h2-4,6,8-12,14,16-18,21,24,28H,5,7,13,15,19H2,1H3,(H,37,38)/b12-6+/t21-,24+,28-/m1/s1/i19D/t19?,21-,24+,28-. The zero-order chi connectivity index (χ0) is 28.0. The van der Waals surface area contributed by atoms with Gasteiger partial charge in [0, 0.05) is 35.1 Å². The molecule has 1 unspecified atom stereocenters. The molecular formula is C32H30ClN3O3. The fraction of sp³-hybridized carbons (Fsp3) is 0.281. The first kappa shape index (κ1) is 24.2. The topological polar surface area (TPSA) is 75.4 Å². The molecule has 0 saturated heterocycles. The highest BCUT2D eigenvalue weighted by Crippen LogP contribution is 2.49. The summed E-state index contributed by atoms with van der Waals surface area (Å²) in [5.41, 5.74) is 4.68. The van der Waals surface area contributed by atoms with Crippen molar-refractivity contribution < 1.29 is 16.1 Å². The summed E-state index contributed by atoms with van der Waals surface area (Å²) in [5, 5.41) is 14.8. The molecule has 1 amide bonds. The van der Waals surface area contributed by atoms with Gasteiger partial charge in [0.25, 0.3) is 0 Å². The molecule has 6 nitrogen and oxygen atoms in total. The van der Waals surface area contributed by atoms with Gasteiger partial charge in [-0.3, -0.25) is 9.48 Å². The fourth-order valence-electron chi connectivity index (χ4n) is 6.23. The van der Waals surface area contributed by atoms with Crippen LogP contribution in [0.2, 0.25) is 5.02 Å². The Morgan fingerprint density at radius 3 is 2.69 bits per heavy atom. The monoisotopic (exact) mass is 540 g/mol. The lowest BCUT2D eigenvalue weighted by Gasteiger charge is -2.30. The van der Waals surface area contributed by atoms with Crippen molar-refractivity contribution in [3.05, 3.63) is 89.1 Å². The van der Waals surface area contributed by atoms with E-state index in [0.29, 0.717) is 33.7 Å². The minimum absolute atomic E-state index is 0.0614. The quantitative estimate of drug-likeness (QED) is 0.257.